The van der Waals surface area contributed by atoms with Gasteiger partial charge in [0.05, 0.1) is 12.2 Å². The van der Waals surface area contributed by atoms with E-state index in [2.05, 4.69) is 27.1 Å². The van der Waals surface area contributed by atoms with E-state index in [4.69, 9.17) is 5.73 Å². The van der Waals surface area contributed by atoms with E-state index in [1.54, 1.807) is 18.4 Å². The smallest absolute Gasteiger partial charge is 0.217 e. The molecule has 1 saturated heterocycles. The number of likely N-dealkylation sites (tertiary alicyclic amines) is 1. The first-order valence-electron chi connectivity index (χ1n) is 7.66. The fourth-order valence-corrected chi connectivity index (χ4v) is 3.68. The molecule has 1 unspecified atom stereocenters. The number of aliphatic imine (C=N–C) groups is 1. The summed E-state index contributed by atoms with van der Waals surface area (Å²) in [6.07, 6.45) is 2.58. The van der Waals surface area contributed by atoms with E-state index >= 15 is 0 Å². The standard InChI is InChI=1S/C15H25N5OS/c1-10-11(2)22-14(19-10)8-18-15(17-3)20-6-4-5-12(9-20)7-13(16)21/h12H,4-9H2,1-3H3,(H2,16,21)(H,17,18). The molecule has 22 heavy (non-hydrogen) atoms. The Balaban J connectivity index is 1.92. The third kappa shape index (κ3) is 4.43. The summed E-state index contributed by atoms with van der Waals surface area (Å²) in [5.41, 5.74) is 6.41. The predicted octanol–water partition coefficient (Wildman–Crippen LogP) is 1.42. The van der Waals surface area contributed by atoms with Gasteiger partial charge in [-0.05, 0) is 32.6 Å². The maximum Gasteiger partial charge on any atom is 0.217 e. The van der Waals surface area contributed by atoms with Crippen LogP contribution in [0.2, 0.25) is 0 Å². The lowest BCUT2D eigenvalue weighted by Crippen LogP contribution is -2.46. The minimum Gasteiger partial charge on any atom is -0.370 e. The highest BCUT2D eigenvalue weighted by Crippen LogP contribution is 2.20. The van der Waals surface area contributed by atoms with Crippen molar-refractivity contribution in [2.45, 2.75) is 39.7 Å². The lowest BCUT2D eigenvalue weighted by Gasteiger charge is -2.34. The molecule has 0 aromatic carbocycles. The zero-order chi connectivity index (χ0) is 16.1. The third-order valence-corrected chi connectivity index (χ3v) is 5.06. The molecular weight excluding hydrogens is 298 g/mol. The fourth-order valence-electron chi connectivity index (χ4n) is 2.81. The number of aryl methyl sites for hydroxylation is 2. The first-order valence-corrected chi connectivity index (χ1v) is 8.48. The van der Waals surface area contributed by atoms with E-state index in [0.29, 0.717) is 18.9 Å². The van der Waals surface area contributed by atoms with Crippen LogP contribution in [0.5, 0.6) is 0 Å². The van der Waals surface area contributed by atoms with Crippen molar-refractivity contribution >= 4 is 23.2 Å². The molecule has 0 radical (unpaired) electrons. The first kappa shape index (κ1) is 16.7. The second-order valence-corrected chi connectivity index (χ2v) is 7.06. The molecule has 0 spiro atoms. The summed E-state index contributed by atoms with van der Waals surface area (Å²) in [6, 6.07) is 0. The summed E-state index contributed by atoms with van der Waals surface area (Å²) in [5.74, 6) is 0.984. The van der Waals surface area contributed by atoms with Crippen molar-refractivity contribution < 1.29 is 4.79 Å². The molecule has 1 amide bonds. The van der Waals surface area contributed by atoms with E-state index in [1.165, 1.54) is 4.88 Å². The summed E-state index contributed by atoms with van der Waals surface area (Å²) < 4.78 is 0. The Bertz CT molecular complexity index is 535. The average Bonchev–Trinajstić information content (AvgIpc) is 2.78. The molecule has 0 aliphatic carbocycles. The van der Waals surface area contributed by atoms with Gasteiger partial charge in [0.15, 0.2) is 5.96 Å². The molecule has 122 valence electrons. The minimum atomic E-state index is -0.219. The van der Waals surface area contributed by atoms with Crippen molar-refractivity contribution in [2.24, 2.45) is 16.6 Å². The fraction of sp³-hybridized carbons (Fsp3) is 0.667. The van der Waals surface area contributed by atoms with Crippen LogP contribution in [-0.4, -0.2) is 41.9 Å². The molecule has 1 aromatic heterocycles. The zero-order valence-corrected chi connectivity index (χ0v) is 14.4. The monoisotopic (exact) mass is 323 g/mol. The second kappa shape index (κ2) is 7.58. The maximum atomic E-state index is 11.1. The molecular formula is C15H25N5OS. The van der Waals surface area contributed by atoms with Crippen molar-refractivity contribution in [3.05, 3.63) is 15.6 Å². The normalized spacial score (nSPS) is 19.3. The number of primary amides is 1. The number of hydrogen-bond donors (Lipinski definition) is 2. The van der Waals surface area contributed by atoms with Crippen molar-refractivity contribution in [3.63, 3.8) is 0 Å². The zero-order valence-electron chi connectivity index (χ0n) is 13.6. The Labute approximate surface area is 135 Å². The molecule has 2 rings (SSSR count). The average molecular weight is 323 g/mol. The van der Waals surface area contributed by atoms with Gasteiger partial charge in [-0.15, -0.1) is 11.3 Å². The molecule has 1 aliphatic rings. The Hall–Kier alpha value is -1.63. The summed E-state index contributed by atoms with van der Waals surface area (Å²) in [5, 5.41) is 4.45. The number of nitrogens with one attached hydrogen (secondary N) is 1. The Kier molecular flexibility index (Phi) is 5.76. The van der Waals surface area contributed by atoms with Crippen LogP contribution in [0.25, 0.3) is 0 Å². The van der Waals surface area contributed by atoms with Gasteiger partial charge < -0.3 is 16.0 Å². The lowest BCUT2D eigenvalue weighted by molar-refractivity contribution is -0.119. The second-order valence-electron chi connectivity index (χ2n) is 5.77. The number of piperidine rings is 1. The van der Waals surface area contributed by atoms with Gasteiger partial charge in [0, 0.05) is 31.4 Å². The van der Waals surface area contributed by atoms with E-state index in [9.17, 15) is 4.79 Å². The molecule has 0 saturated carbocycles. The molecule has 7 heteroatoms. The quantitative estimate of drug-likeness (QED) is 0.648. The number of guanidine groups is 1. The lowest BCUT2D eigenvalue weighted by atomic mass is 9.95. The molecule has 2 heterocycles. The van der Waals surface area contributed by atoms with E-state index in [1.807, 2.05) is 6.92 Å². The van der Waals surface area contributed by atoms with Crippen LogP contribution in [-0.2, 0) is 11.3 Å². The summed E-state index contributed by atoms with van der Waals surface area (Å²) >= 11 is 1.71. The number of nitrogens with zero attached hydrogens (tertiary/aromatic N) is 3. The van der Waals surface area contributed by atoms with E-state index in [0.717, 1.165) is 42.6 Å². The van der Waals surface area contributed by atoms with Crippen molar-refractivity contribution in [2.75, 3.05) is 20.1 Å². The largest absolute Gasteiger partial charge is 0.370 e. The number of amides is 1. The summed E-state index contributed by atoms with van der Waals surface area (Å²) in [4.78, 5) is 23.5. The van der Waals surface area contributed by atoms with Crippen LogP contribution >= 0.6 is 11.3 Å². The van der Waals surface area contributed by atoms with Crippen LogP contribution in [0.4, 0.5) is 0 Å². The first-order chi connectivity index (χ1) is 10.5. The molecule has 1 atom stereocenters. The van der Waals surface area contributed by atoms with Gasteiger partial charge in [-0.1, -0.05) is 0 Å². The molecule has 1 fully saturated rings. The van der Waals surface area contributed by atoms with Crippen LogP contribution in [0.15, 0.2) is 4.99 Å². The molecule has 6 nitrogen and oxygen atoms in total. The number of thiazole rings is 1. The van der Waals surface area contributed by atoms with Gasteiger partial charge >= 0.3 is 0 Å². The summed E-state index contributed by atoms with van der Waals surface area (Å²) in [7, 11) is 1.79. The highest BCUT2D eigenvalue weighted by molar-refractivity contribution is 7.11. The highest BCUT2D eigenvalue weighted by Gasteiger charge is 2.23. The van der Waals surface area contributed by atoms with Gasteiger partial charge in [-0.2, -0.15) is 0 Å². The van der Waals surface area contributed by atoms with Crippen molar-refractivity contribution in [1.82, 2.24) is 15.2 Å². The number of aromatic nitrogens is 1. The number of carbonyl (C=O) groups excluding carboxylic acids is 1. The Morgan fingerprint density at radius 1 is 1.55 bits per heavy atom. The van der Waals surface area contributed by atoms with Crippen LogP contribution < -0.4 is 11.1 Å². The number of rotatable bonds is 4. The van der Waals surface area contributed by atoms with E-state index in [-0.39, 0.29) is 5.91 Å². The SMILES string of the molecule is CN=C(NCc1nc(C)c(C)s1)N1CCCC(CC(N)=O)C1. The van der Waals surface area contributed by atoms with Gasteiger partial charge in [0.25, 0.3) is 0 Å². The van der Waals surface area contributed by atoms with Crippen LogP contribution in [0.1, 0.15) is 34.8 Å². The van der Waals surface area contributed by atoms with Gasteiger partial charge in [-0.25, -0.2) is 4.98 Å². The van der Waals surface area contributed by atoms with Crippen molar-refractivity contribution in [3.8, 4) is 0 Å². The highest BCUT2D eigenvalue weighted by atomic mass is 32.1. The van der Waals surface area contributed by atoms with Gasteiger partial charge in [0.2, 0.25) is 5.91 Å². The third-order valence-electron chi connectivity index (χ3n) is 3.99. The van der Waals surface area contributed by atoms with Crippen LogP contribution in [0.3, 0.4) is 0 Å². The topological polar surface area (TPSA) is 83.6 Å². The maximum absolute atomic E-state index is 11.1. The molecule has 1 aromatic rings. The van der Waals surface area contributed by atoms with Gasteiger partial charge in [-0.3, -0.25) is 9.79 Å². The summed E-state index contributed by atoms with van der Waals surface area (Å²) in [6.45, 7) is 6.60. The number of carbonyl (C=O) groups is 1. The molecule has 1 aliphatic heterocycles. The number of nitrogens with two attached hydrogens (primary N) is 1. The Morgan fingerprint density at radius 3 is 2.91 bits per heavy atom. The van der Waals surface area contributed by atoms with Gasteiger partial charge in [0.1, 0.15) is 5.01 Å². The van der Waals surface area contributed by atoms with Crippen molar-refractivity contribution in [1.29, 1.82) is 0 Å². The van der Waals surface area contributed by atoms with E-state index < -0.39 is 0 Å². The minimum absolute atomic E-state index is 0.219. The molecule has 3 N–H and O–H groups in total. The Morgan fingerprint density at radius 2 is 2.32 bits per heavy atom. The number of hydrogen-bond acceptors (Lipinski definition) is 4. The predicted molar refractivity (Wildman–Crippen MR) is 89.9 cm³/mol. The molecule has 0 bridgehead atoms. The van der Waals surface area contributed by atoms with Crippen LogP contribution in [0, 0.1) is 19.8 Å².